The lowest BCUT2D eigenvalue weighted by molar-refractivity contribution is 0.0948. The number of benzene rings is 1. The fourth-order valence-corrected chi connectivity index (χ4v) is 2.82. The first-order valence-electron chi connectivity index (χ1n) is 7.38. The molecule has 0 bridgehead atoms. The smallest absolute Gasteiger partial charge is 0.251 e. The number of carbonyl (C=O) groups excluding carboxylic acids is 1. The molecule has 4 nitrogen and oxygen atoms in total. The lowest BCUT2D eigenvalue weighted by Gasteiger charge is -2.05. The number of ether oxygens (including phenoxy) is 1. The summed E-state index contributed by atoms with van der Waals surface area (Å²) in [5, 5.41) is 6.89. The van der Waals surface area contributed by atoms with Gasteiger partial charge in [0.05, 0.1) is 13.2 Å². The first-order chi connectivity index (χ1) is 11.3. The Morgan fingerprint density at radius 2 is 2.00 bits per heavy atom. The number of amides is 1. The van der Waals surface area contributed by atoms with E-state index in [9.17, 15) is 4.79 Å². The maximum absolute atomic E-state index is 12.1. The van der Waals surface area contributed by atoms with E-state index in [1.54, 1.807) is 35.6 Å². The highest BCUT2D eigenvalue weighted by molar-refractivity contribution is 7.08. The third-order valence-corrected chi connectivity index (χ3v) is 4.00. The molecule has 3 aromatic rings. The van der Waals surface area contributed by atoms with E-state index in [-0.39, 0.29) is 5.91 Å². The van der Waals surface area contributed by atoms with E-state index in [1.807, 2.05) is 35.9 Å². The van der Waals surface area contributed by atoms with Crippen LogP contribution >= 0.6 is 11.3 Å². The maximum atomic E-state index is 12.1. The summed E-state index contributed by atoms with van der Waals surface area (Å²) >= 11 is 1.62. The largest absolute Gasteiger partial charge is 0.494 e. The molecule has 1 amide bonds. The number of furan rings is 1. The summed E-state index contributed by atoms with van der Waals surface area (Å²) < 4.78 is 11.1. The predicted octanol–water partition coefficient (Wildman–Crippen LogP) is 4.34. The second-order valence-electron chi connectivity index (χ2n) is 4.92. The molecule has 23 heavy (non-hydrogen) atoms. The van der Waals surface area contributed by atoms with Crippen LogP contribution in [0.5, 0.6) is 5.75 Å². The van der Waals surface area contributed by atoms with Gasteiger partial charge in [-0.1, -0.05) is 0 Å². The van der Waals surface area contributed by atoms with Crippen LogP contribution in [-0.4, -0.2) is 12.5 Å². The monoisotopic (exact) mass is 327 g/mol. The minimum Gasteiger partial charge on any atom is -0.494 e. The van der Waals surface area contributed by atoms with E-state index in [0.717, 1.165) is 22.8 Å². The van der Waals surface area contributed by atoms with Gasteiger partial charge in [0.25, 0.3) is 5.91 Å². The molecule has 0 saturated heterocycles. The van der Waals surface area contributed by atoms with Gasteiger partial charge in [0, 0.05) is 16.5 Å². The van der Waals surface area contributed by atoms with Gasteiger partial charge < -0.3 is 14.5 Å². The molecular formula is C18H17NO3S. The molecule has 0 spiro atoms. The molecule has 0 aliphatic heterocycles. The molecule has 2 aromatic heterocycles. The van der Waals surface area contributed by atoms with E-state index >= 15 is 0 Å². The number of nitrogens with one attached hydrogen (secondary N) is 1. The van der Waals surface area contributed by atoms with Gasteiger partial charge >= 0.3 is 0 Å². The number of hydrogen-bond acceptors (Lipinski definition) is 4. The van der Waals surface area contributed by atoms with E-state index in [1.165, 1.54) is 0 Å². The molecule has 1 N–H and O–H groups in total. The van der Waals surface area contributed by atoms with Crippen LogP contribution < -0.4 is 10.1 Å². The summed E-state index contributed by atoms with van der Waals surface area (Å²) in [5.41, 5.74) is 1.65. The minimum absolute atomic E-state index is 0.137. The molecule has 0 fully saturated rings. The second-order valence-corrected chi connectivity index (χ2v) is 5.70. The van der Waals surface area contributed by atoms with Crippen molar-refractivity contribution in [2.45, 2.75) is 13.5 Å². The van der Waals surface area contributed by atoms with Gasteiger partial charge in [-0.15, -0.1) is 0 Å². The Morgan fingerprint density at radius 1 is 1.17 bits per heavy atom. The third-order valence-electron chi connectivity index (χ3n) is 3.32. The Balaban J connectivity index is 1.58. The fourth-order valence-electron chi connectivity index (χ4n) is 2.17. The highest BCUT2D eigenvalue weighted by Gasteiger charge is 2.08. The zero-order chi connectivity index (χ0) is 16.1. The number of hydrogen-bond donors (Lipinski definition) is 1. The minimum atomic E-state index is -0.137. The van der Waals surface area contributed by atoms with E-state index in [4.69, 9.17) is 9.15 Å². The zero-order valence-corrected chi connectivity index (χ0v) is 13.6. The van der Waals surface area contributed by atoms with Crippen molar-refractivity contribution in [1.82, 2.24) is 5.32 Å². The maximum Gasteiger partial charge on any atom is 0.251 e. The summed E-state index contributed by atoms with van der Waals surface area (Å²) in [7, 11) is 0. The fraction of sp³-hybridized carbons (Fsp3) is 0.167. The van der Waals surface area contributed by atoms with Crippen LogP contribution in [-0.2, 0) is 6.54 Å². The molecule has 118 valence electrons. The van der Waals surface area contributed by atoms with Gasteiger partial charge in [0.15, 0.2) is 0 Å². The Morgan fingerprint density at radius 3 is 2.70 bits per heavy atom. The quantitative estimate of drug-likeness (QED) is 0.733. The highest BCUT2D eigenvalue weighted by Crippen LogP contribution is 2.24. The summed E-state index contributed by atoms with van der Waals surface area (Å²) in [6.45, 7) is 2.89. The molecule has 0 unspecified atom stereocenters. The molecule has 1 aromatic carbocycles. The standard InChI is InChI=1S/C18H17NO3S/c1-2-21-15-5-3-13(4-6-15)18(20)19-11-16-7-8-17(22-16)14-9-10-23-12-14/h3-10,12H,2,11H2,1H3,(H,19,20). The van der Waals surface area contributed by atoms with Gasteiger partial charge in [-0.25, -0.2) is 0 Å². The van der Waals surface area contributed by atoms with Crippen LogP contribution in [0, 0.1) is 0 Å². The van der Waals surface area contributed by atoms with E-state index in [0.29, 0.717) is 18.7 Å². The van der Waals surface area contributed by atoms with Crippen molar-refractivity contribution in [3.63, 3.8) is 0 Å². The lowest BCUT2D eigenvalue weighted by atomic mass is 10.2. The van der Waals surface area contributed by atoms with Crippen LogP contribution in [0.25, 0.3) is 11.3 Å². The van der Waals surface area contributed by atoms with Crippen LogP contribution in [0.2, 0.25) is 0 Å². The van der Waals surface area contributed by atoms with E-state index in [2.05, 4.69) is 5.32 Å². The summed E-state index contributed by atoms with van der Waals surface area (Å²) in [6.07, 6.45) is 0. The van der Waals surface area contributed by atoms with Crippen LogP contribution in [0.3, 0.4) is 0 Å². The van der Waals surface area contributed by atoms with Crippen molar-refractivity contribution in [1.29, 1.82) is 0 Å². The Hall–Kier alpha value is -2.53. The Bertz CT molecular complexity index is 760. The average Bonchev–Trinajstić information content (AvgIpc) is 3.25. The van der Waals surface area contributed by atoms with Crippen molar-refractivity contribution >= 4 is 17.2 Å². The summed E-state index contributed by atoms with van der Waals surface area (Å²) in [5.74, 6) is 2.17. The molecular weight excluding hydrogens is 310 g/mol. The number of rotatable bonds is 6. The Labute approximate surface area is 138 Å². The number of carbonyl (C=O) groups is 1. The summed E-state index contributed by atoms with van der Waals surface area (Å²) in [4.78, 5) is 12.1. The van der Waals surface area contributed by atoms with Gasteiger partial charge in [0.1, 0.15) is 17.3 Å². The van der Waals surface area contributed by atoms with Gasteiger partial charge in [-0.3, -0.25) is 4.79 Å². The van der Waals surface area contributed by atoms with E-state index < -0.39 is 0 Å². The van der Waals surface area contributed by atoms with Crippen molar-refractivity contribution < 1.29 is 13.9 Å². The van der Waals surface area contributed by atoms with Crippen molar-refractivity contribution in [3.8, 4) is 17.1 Å². The van der Waals surface area contributed by atoms with Crippen LogP contribution in [0.15, 0.2) is 57.6 Å². The van der Waals surface area contributed by atoms with Crippen molar-refractivity contribution in [3.05, 3.63) is 64.5 Å². The molecule has 0 saturated carbocycles. The zero-order valence-electron chi connectivity index (χ0n) is 12.7. The summed E-state index contributed by atoms with van der Waals surface area (Å²) in [6, 6.07) is 12.9. The second kappa shape index (κ2) is 7.15. The molecule has 0 aliphatic rings. The topological polar surface area (TPSA) is 51.5 Å². The first-order valence-corrected chi connectivity index (χ1v) is 8.33. The first kappa shape index (κ1) is 15.4. The molecule has 3 rings (SSSR count). The van der Waals surface area contributed by atoms with Gasteiger partial charge in [0.2, 0.25) is 0 Å². The molecule has 0 atom stereocenters. The highest BCUT2D eigenvalue weighted by atomic mass is 32.1. The van der Waals surface area contributed by atoms with Gasteiger partial charge in [-0.2, -0.15) is 11.3 Å². The Kier molecular flexibility index (Phi) is 4.78. The average molecular weight is 327 g/mol. The van der Waals surface area contributed by atoms with Crippen molar-refractivity contribution in [2.75, 3.05) is 6.61 Å². The SMILES string of the molecule is CCOc1ccc(C(=O)NCc2ccc(-c3ccsc3)o2)cc1. The van der Waals surface area contributed by atoms with Crippen LogP contribution in [0.4, 0.5) is 0 Å². The molecule has 5 heteroatoms. The normalized spacial score (nSPS) is 10.5. The molecule has 2 heterocycles. The molecule has 0 radical (unpaired) electrons. The lowest BCUT2D eigenvalue weighted by Crippen LogP contribution is -2.22. The van der Waals surface area contributed by atoms with Crippen molar-refractivity contribution in [2.24, 2.45) is 0 Å². The van der Waals surface area contributed by atoms with Crippen LogP contribution in [0.1, 0.15) is 23.0 Å². The van der Waals surface area contributed by atoms with Gasteiger partial charge in [-0.05, 0) is 54.8 Å². The predicted molar refractivity (Wildman–Crippen MR) is 90.8 cm³/mol. The third kappa shape index (κ3) is 3.81. The number of thiophene rings is 1. The molecule has 0 aliphatic carbocycles.